The Labute approximate surface area is 150 Å². The summed E-state index contributed by atoms with van der Waals surface area (Å²) in [5.41, 5.74) is 2.22. The predicted molar refractivity (Wildman–Crippen MR) is 95.8 cm³/mol. The highest BCUT2D eigenvalue weighted by atomic mass is 35.5. The van der Waals surface area contributed by atoms with Crippen molar-refractivity contribution in [1.82, 2.24) is 0 Å². The molecule has 0 unspecified atom stereocenters. The number of hydrogen-bond acceptors (Lipinski definition) is 2. The number of halogens is 3. The van der Waals surface area contributed by atoms with Crippen molar-refractivity contribution in [1.29, 1.82) is 0 Å². The lowest BCUT2D eigenvalue weighted by atomic mass is 10.0. The first-order valence-electron chi connectivity index (χ1n) is 7.45. The van der Waals surface area contributed by atoms with Gasteiger partial charge in [-0.3, -0.25) is 4.79 Å². The highest BCUT2D eigenvalue weighted by Gasteiger charge is 2.13. The van der Waals surface area contributed by atoms with Crippen LogP contribution < -0.4 is 10.1 Å². The lowest BCUT2D eigenvalue weighted by Gasteiger charge is -2.16. The van der Waals surface area contributed by atoms with Crippen molar-refractivity contribution in [2.45, 2.75) is 26.7 Å². The van der Waals surface area contributed by atoms with E-state index in [-0.39, 0.29) is 23.5 Å². The highest BCUT2D eigenvalue weighted by Crippen LogP contribution is 2.32. The lowest BCUT2D eigenvalue weighted by molar-refractivity contribution is -0.118. The maximum atomic E-state index is 13.1. The molecule has 128 valence electrons. The quantitative estimate of drug-likeness (QED) is 0.746. The molecular formula is C18H18Cl2FNO2. The number of ether oxygens (including phenoxy) is 1. The fraction of sp³-hybridized carbons (Fsp3) is 0.278. The monoisotopic (exact) mass is 369 g/mol. The first-order chi connectivity index (χ1) is 11.3. The molecule has 2 rings (SSSR count). The maximum absolute atomic E-state index is 13.1. The van der Waals surface area contributed by atoms with Crippen molar-refractivity contribution in [2.75, 3.05) is 11.9 Å². The van der Waals surface area contributed by atoms with Crippen LogP contribution in [0.1, 0.15) is 30.9 Å². The normalized spacial score (nSPS) is 10.8. The molecule has 1 N–H and O–H groups in total. The number of hydrogen-bond donors (Lipinski definition) is 1. The van der Waals surface area contributed by atoms with Gasteiger partial charge < -0.3 is 10.1 Å². The number of nitrogens with one attached hydrogen (secondary N) is 1. The minimum atomic E-state index is -0.538. The van der Waals surface area contributed by atoms with Crippen LogP contribution in [-0.2, 0) is 4.79 Å². The number of carbonyl (C=O) groups excluding carboxylic acids is 1. The van der Waals surface area contributed by atoms with E-state index in [1.165, 1.54) is 18.2 Å². The summed E-state index contributed by atoms with van der Waals surface area (Å²) in [5.74, 6) is -0.0691. The van der Waals surface area contributed by atoms with Gasteiger partial charge in [0, 0.05) is 10.7 Å². The first-order valence-corrected chi connectivity index (χ1v) is 8.21. The van der Waals surface area contributed by atoms with E-state index >= 15 is 0 Å². The summed E-state index contributed by atoms with van der Waals surface area (Å²) in [6, 6.07) is 7.65. The predicted octanol–water partition coefficient (Wildman–Crippen LogP) is 5.58. The van der Waals surface area contributed by atoms with Crippen LogP contribution in [0, 0.1) is 12.7 Å². The van der Waals surface area contributed by atoms with Crippen molar-refractivity contribution >= 4 is 34.8 Å². The molecule has 2 aromatic rings. The summed E-state index contributed by atoms with van der Waals surface area (Å²) >= 11 is 11.8. The Kier molecular flexibility index (Phi) is 6.08. The number of rotatable bonds is 5. The van der Waals surface area contributed by atoms with Crippen LogP contribution in [0.2, 0.25) is 10.0 Å². The standard InChI is InChI=1S/C18H18Cl2FNO2/c1-10(2)13-8-14(19)11(3)6-17(13)24-9-18(23)22-12-4-5-16(21)15(20)7-12/h4-8,10H,9H2,1-3H3,(H,22,23). The minimum Gasteiger partial charge on any atom is -0.483 e. The molecule has 0 saturated heterocycles. The fourth-order valence-corrected chi connectivity index (χ4v) is 2.51. The van der Waals surface area contributed by atoms with E-state index in [4.69, 9.17) is 27.9 Å². The van der Waals surface area contributed by atoms with Crippen molar-refractivity contribution < 1.29 is 13.9 Å². The van der Waals surface area contributed by atoms with Crippen LogP contribution in [0.15, 0.2) is 30.3 Å². The van der Waals surface area contributed by atoms with E-state index in [1.807, 2.05) is 32.9 Å². The van der Waals surface area contributed by atoms with Crippen LogP contribution in [0.4, 0.5) is 10.1 Å². The Morgan fingerprint density at radius 2 is 1.92 bits per heavy atom. The van der Waals surface area contributed by atoms with Gasteiger partial charge in [0.1, 0.15) is 11.6 Å². The van der Waals surface area contributed by atoms with Gasteiger partial charge in [-0.1, -0.05) is 37.0 Å². The van der Waals surface area contributed by atoms with Crippen LogP contribution in [0.5, 0.6) is 5.75 Å². The molecule has 0 saturated carbocycles. The smallest absolute Gasteiger partial charge is 0.262 e. The third-order valence-corrected chi connectivity index (χ3v) is 4.17. The molecule has 0 atom stereocenters. The summed E-state index contributed by atoms with van der Waals surface area (Å²) in [6.07, 6.45) is 0. The van der Waals surface area contributed by atoms with Gasteiger partial charge in [-0.05, 0) is 54.3 Å². The van der Waals surface area contributed by atoms with Crippen molar-refractivity contribution in [3.63, 3.8) is 0 Å². The molecular weight excluding hydrogens is 352 g/mol. The molecule has 24 heavy (non-hydrogen) atoms. The Balaban J connectivity index is 2.06. The SMILES string of the molecule is Cc1cc(OCC(=O)Nc2ccc(F)c(Cl)c2)c(C(C)C)cc1Cl. The zero-order valence-electron chi connectivity index (χ0n) is 13.6. The lowest BCUT2D eigenvalue weighted by Crippen LogP contribution is -2.20. The third kappa shape index (κ3) is 4.62. The van der Waals surface area contributed by atoms with Crippen LogP contribution >= 0.6 is 23.2 Å². The molecule has 1 amide bonds. The summed E-state index contributed by atoms with van der Waals surface area (Å²) in [5, 5.41) is 3.23. The summed E-state index contributed by atoms with van der Waals surface area (Å²) in [7, 11) is 0. The second-order valence-corrected chi connectivity index (χ2v) is 6.57. The zero-order chi connectivity index (χ0) is 17.9. The maximum Gasteiger partial charge on any atom is 0.262 e. The number of amides is 1. The van der Waals surface area contributed by atoms with Gasteiger partial charge in [-0.2, -0.15) is 0 Å². The molecule has 3 nitrogen and oxygen atoms in total. The van der Waals surface area contributed by atoms with E-state index in [1.54, 1.807) is 0 Å². The Morgan fingerprint density at radius 1 is 1.21 bits per heavy atom. The molecule has 0 fully saturated rings. The molecule has 0 aliphatic rings. The molecule has 0 heterocycles. The van der Waals surface area contributed by atoms with Gasteiger partial charge in [-0.25, -0.2) is 4.39 Å². The van der Waals surface area contributed by atoms with Gasteiger partial charge in [0.05, 0.1) is 5.02 Å². The van der Waals surface area contributed by atoms with E-state index in [9.17, 15) is 9.18 Å². The molecule has 0 radical (unpaired) electrons. The second kappa shape index (κ2) is 7.86. The minimum absolute atomic E-state index is 0.0517. The zero-order valence-corrected chi connectivity index (χ0v) is 15.1. The van der Waals surface area contributed by atoms with Crippen molar-refractivity contribution in [2.24, 2.45) is 0 Å². The number of aryl methyl sites for hydroxylation is 1. The van der Waals surface area contributed by atoms with Gasteiger partial charge in [0.15, 0.2) is 6.61 Å². The summed E-state index contributed by atoms with van der Waals surface area (Å²) < 4.78 is 18.8. The highest BCUT2D eigenvalue weighted by molar-refractivity contribution is 6.31. The van der Waals surface area contributed by atoms with E-state index in [2.05, 4.69) is 5.32 Å². The Bertz CT molecular complexity index is 763. The van der Waals surface area contributed by atoms with Crippen molar-refractivity contribution in [3.8, 4) is 5.75 Å². The van der Waals surface area contributed by atoms with Gasteiger partial charge in [0.25, 0.3) is 5.91 Å². The van der Waals surface area contributed by atoms with Gasteiger partial charge in [0.2, 0.25) is 0 Å². The van der Waals surface area contributed by atoms with Crippen LogP contribution in [0.25, 0.3) is 0 Å². The topological polar surface area (TPSA) is 38.3 Å². The first kappa shape index (κ1) is 18.6. The molecule has 0 aliphatic carbocycles. The fourth-order valence-electron chi connectivity index (χ4n) is 2.16. The Hall–Kier alpha value is -1.78. The van der Waals surface area contributed by atoms with Crippen LogP contribution in [0.3, 0.4) is 0 Å². The second-order valence-electron chi connectivity index (χ2n) is 5.76. The molecule has 2 aromatic carbocycles. The average Bonchev–Trinajstić information content (AvgIpc) is 2.51. The Morgan fingerprint density at radius 3 is 2.54 bits per heavy atom. The number of anilines is 1. The molecule has 6 heteroatoms. The van der Waals surface area contributed by atoms with Gasteiger partial charge in [-0.15, -0.1) is 0 Å². The molecule has 0 bridgehead atoms. The van der Waals surface area contributed by atoms with Crippen molar-refractivity contribution in [3.05, 3.63) is 57.3 Å². The summed E-state index contributed by atoms with van der Waals surface area (Å²) in [6.45, 7) is 5.75. The number of carbonyl (C=O) groups is 1. The average molecular weight is 370 g/mol. The number of benzene rings is 2. The van der Waals surface area contributed by atoms with E-state index < -0.39 is 5.82 Å². The van der Waals surface area contributed by atoms with Crippen LogP contribution in [-0.4, -0.2) is 12.5 Å². The molecule has 0 spiro atoms. The summed E-state index contributed by atoms with van der Waals surface area (Å²) in [4.78, 5) is 12.0. The third-order valence-electron chi connectivity index (χ3n) is 3.48. The molecule has 0 aliphatic heterocycles. The van der Waals surface area contributed by atoms with Gasteiger partial charge >= 0.3 is 0 Å². The van der Waals surface area contributed by atoms with E-state index in [0.29, 0.717) is 16.5 Å². The largest absolute Gasteiger partial charge is 0.483 e. The van der Waals surface area contributed by atoms with E-state index in [0.717, 1.165) is 11.1 Å². The molecule has 0 aromatic heterocycles.